The van der Waals surface area contributed by atoms with Gasteiger partial charge >= 0.3 is 0 Å². The summed E-state index contributed by atoms with van der Waals surface area (Å²) < 4.78 is 6.23. The molecule has 33 heavy (non-hydrogen) atoms. The summed E-state index contributed by atoms with van der Waals surface area (Å²) in [5.41, 5.74) is 2.60. The standard InChI is InChI=1S/C28H30N2O3/c1-21(2)29-27(32)28(19-24-15-9-10-16-25(24)22-11-5-3-6-12-22)20-30(17-18-33-28)26(31)23-13-7-4-8-14-23/h3-16,21H,17-20H2,1-2H3,(H,29,32)/t28-/m1/s1. The highest BCUT2D eigenvalue weighted by Crippen LogP contribution is 2.31. The van der Waals surface area contributed by atoms with E-state index in [1.807, 2.05) is 68.4 Å². The molecule has 0 unspecified atom stereocenters. The lowest BCUT2D eigenvalue weighted by Gasteiger charge is -2.42. The number of hydrogen-bond acceptors (Lipinski definition) is 3. The number of carbonyl (C=O) groups is 2. The lowest BCUT2D eigenvalue weighted by molar-refractivity contribution is -0.157. The maximum Gasteiger partial charge on any atom is 0.254 e. The van der Waals surface area contributed by atoms with Crippen LogP contribution in [0.4, 0.5) is 0 Å². The molecular weight excluding hydrogens is 412 g/mol. The topological polar surface area (TPSA) is 58.6 Å². The van der Waals surface area contributed by atoms with Gasteiger partial charge in [-0.3, -0.25) is 9.59 Å². The number of amides is 2. The van der Waals surface area contributed by atoms with Crippen LogP contribution in [0.1, 0.15) is 29.8 Å². The van der Waals surface area contributed by atoms with Gasteiger partial charge in [-0.2, -0.15) is 0 Å². The highest BCUT2D eigenvalue weighted by molar-refractivity contribution is 5.95. The molecule has 170 valence electrons. The lowest BCUT2D eigenvalue weighted by atomic mass is 9.87. The Morgan fingerprint density at radius 1 is 0.939 bits per heavy atom. The lowest BCUT2D eigenvalue weighted by Crippen LogP contribution is -2.62. The Morgan fingerprint density at radius 3 is 2.27 bits per heavy atom. The SMILES string of the molecule is CC(C)NC(=O)[C@@]1(Cc2ccccc2-c2ccccc2)CN(C(=O)c2ccccc2)CCO1. The summed E-state index contributed by atoms with van der Waals surface area (Å²) in [4.78, 5) is 28.5. The minimum atomic E-state index is -1.17. The second-order valence-electron chi connectivity index (χ2n) is 8.76. The summed E-state index contributed by atoms with van der Waals surface area (Å²) in [6.07, 6.45) is 0.370. The highest BCUT2D eigenvalue weighted by atomic mass is 16.5. The van der Waals surface area contributed by atoms with E-state index in [4.69, 9.17) is 4.74 Å². The van der Waals surface area contributed by atoms with Crippen molar-refractivity contribution in [2.24, 2.45) is 0 Å². The first-order valence-corrected chi connectivity index (χ1v) is 11.4. The van der Waals surface area contributed by atoms with Gasteiger partial charge in [0.2, 0.25) is 0 Å². The van der Waals surface area contributed by atoms with Gasteiger partial charge in [0.15, 0.2) is 5.60 Å². The number of nitrogens with one attached hydrogen (secondary N) is 1. The van der Waals surface area contributed by atoms with Gasteiger partial charge in [-0.1, -0.05) is 72.8 Å². The zero-order valence-corrected chi connectivity index (χ0v) is 19.2. The van der Waals surface area contributed by atoms with Crippen molar-refractivity contribution in [2.75, 3.05) is 19.7 Å². The van der Waals surface area contributed by atoms with Crippen LogP contribution in [0, 0.1) is 0 Å². The molecule has 1 heterocycles. The smallest absolute Gasteiger partial charge is 0.254 e. The van der Waals surface area contributed by atoms with E-state index in [0.29, 0.717) is 25.1 Å². The van der Waals surface area contributed by atoms with Crippen molar-refractivity contribution >= 4 is 11.8 Å². The van der Waals surface area contributed by atoms with E-state index in [0.717, 1.165) is 16.7 Å². The summed E-state index contributed by atoms with van der Waals surface area (Å²) in [7, 11) is 0. The molecule has 3 aromatic rings. The first-order valence-electron chi connectivity index (χ1n) is 11.4. The van der Waals surface area contributed by atoms with Crippen molar-refractivity contribution < 1.29 is 14.3 Å². The van der Waals surface area contributed by atoms with Crippen molar-refractivity contribution in [3.8, 4) is 11.1 Å². The van der Waals surface area contributed by atoms with Crippen LogP contribution in [0.15, 0.2) is 84.9 Å². The fourth-order valence-electron chi connectivity index (χ4n) is 4.32. The monoisotopic (exact) mass is 442 g/mol. The van der Waals surface area contributed by atoms with Gasteiger partial charge in [0.05, 0.1) is 13.2 Å². The maximum atomic E-state index is 13.5. The number of nitrogens with zero attached hydrogens (tertiary/aromatic N) is 1. The van der Waals surface area contributed by atoms with E-state index in [1.54, 1.807) is 17.0 Å². The predicted molar refractivity (Wildman–Crippen MR) is 130 cm³/mol. The molecule has 0 saturated carbocycles. The van der Waals surface area contributed by atoms with Crippen LogP contribution in [0.3, 0.4) is 0 Å². The summed E-state index contributed by atoms with van der Waals surface area (Å²) in [6.45, 7) is 4.81. The molecule has 0 radical (unpaired) electrons. The molecule has 3 aromatic carbocycles. The third-order valence-corrected chi connectivity index (χ3v) is 5.91. The summed E-state index contributed by atoms with van der Waals surface area (Å²) in [5.74, 6) is -0.275. The zero-order chi connectivity index (χ0) is 23.3. The van der Waals surface area contributed by atoms with Crippen LogP contribution in [0.5, 0.6) is 0 Å². The molecule has 1 aliphatic heterocycles. The third-order valence-electron chi connectivity index (χ3n) is 5.91. The second-order valence-corrected chi connectivity index (χ2v) is 8.76. The normalized spacial score (nSPS) is 18.2. The minimum Gasteiger partial charge on any atom is -0.361 e. The van der Waals surface area contributed by atoms with Crippen LogP contribution in [0.2, 0.25) is 0 Å². The van der Waals surface area contributed by atoms with E-state index in [1.165, 1.54) is 0 Å². The molecule has 1 N–H and O–H groups in total. The van der Waals surface area contributed by atoms with Crippen molar-refractivity contribution in [3.05, 3.63) is 96.1 Å². The molecule has 0 aliphatic carbocycles. The number of ether oxygens (including phenoxy) is 1. The van der Waals surface area contributed by atoms with E-state index < -0.39 is 5.60 Å². The van der Waals surface area contributed by atoms with Gasteiger partial charge < -0.3 is 15.0 Å². The Kier molecular flexibility index (Phi) is 6.90. The number of rotatable bonds is 6. The third kappa shape index (κ3) is 5.15. The van der Waals surface area contributed by atoms with Crippen molar-refractivity contribution in [1.29, 1.82) is 0 Å². The molecule has 0 bridgehead atoms. The number of morpholine rings is 1. The van der Waals surface area contributed by atoms with E-state index >= 15 is 0 Å². The van der Waals surface area contributed by atoms with Crippen LogP contribution < -0.4 is 5.32 Å². The van der Waals surface area contributed by atoms with Gasteiger partial charge in [0.1, 0.15) is 0 Å². The molecule has 2 amide bonds. The van der Waals surface area contributed by atoms with Gasteiger partial charge in [-0.05, 0) is 42.7 Å². The summed E-state index contributed by atoms with van der Waals surface area (Å²) >= 11 is 0. The van der Waals surface area contributed by atoms with Crippen LogP contribution in [-0.4, -0.2) is 48.1 Å². The molecule has 1 saturated heterocycles. The molecule has 1 atom stereocenters. The molecule has 5 heteroatoms. The quantitative estimate of drug-likeness (QED) is 0.618. The van der Waals surface area contributed by atoms with Crippen molar-refractivity contribution in [1.82, 2.24) is 10.2 Å². The molecule has 5 nitrogen and oxygen atoms in total. The largest absolute Gasteiger partial charge is 0.361 e. The Bertz CT molecular complexity index is 1100. The summed E-state index contributed by atoms with van der Waals surface area (Å²) in [6, 6.07) is 27.4. The number of hydrogen-bond donors (Lipinski definition) is 1. The molecule has 1 fully saturated rings. The maximum absolute atomic E-state index is 13.5. The fraction of sp³-hybridized carbons (Fsp3) is 0.286. The van der Waals surface area contributed by atoms with Crippen LogP contribution >= 0.6 is 0 Å². The van der Waals surface area contributed by atoms with Gasteiger partial charge in [-0.25, -0.2) is 0 Å². The summed E-state index contributed by atoms with van der Waals surface area (Å²) in [5, 5.41) is 3.03. The zero-order valence-electron chi connectivity index (χ0n) is 19.2. The molecule has 0 spiro atoms. The molecular formula is C28H30N2O3. The average Bonchev–Trinajstić information content (AvgIpc) is 2.85. The van der Waals surface area contributed by atoms with Crippen molar-refractivity contribution in [3.63, 3.8) is 0 Å². The predicted octanol–water partition coefficient (Wildman–Crippen LogP) is 4.33. The van der Waals surface area contributed by atoms with Gasteiger partial charge in [0, 0.05) is 24.6 Å². The Labute approximate surface area is 195 Å². The Morgan fingerprint density at radius 2 is 1.58 bits per heavy atom. The fourth-order valence-corrected chi connectivity index (χ4v) is 4.32. The molecule has 0 aromatic heterocycles. The van der Waals surface area contributed by atoms with E-state index in [2.05, 4.69) is 23.5 Å². The second kappa shape index (κ2) is 10.0. The van der Waals surface area contributed by atoms with Crippen molar-refractivity contribution in [2.45, 2.75) is 31.9 Å². The first kappa shape index (κ1) is 22.7. The van der Waals surface area contributed by atoms with E-state index in [9.17, 15) is 9.59 Å². The molecule has 4 rings (SSSR count). The Hall–Kier alpha value is -3.44. The van der Waals surface area contributed by atoms with Crippen LogP contribution in [-0.2, 0) is 16.0 Å². The van der Waals surface area contributed by atoms with Crippen LogP contribution in [0.25, 0.3) is 11.1 Å². The van der Waals surface area contributed by atoms with Gasteiger partial charge in [-0.15, -0.1) is 0 Å². The van der Waals surface area contributed by atoms with Gasteiger partial charge in [0.25, 0.3) is 11.8 Å². The first-order chi connectivity index (χ1) is 16.0. The molecule has 1 aliphatic rings. The Balaban J connectivity index is 1.69. The number of carbonyl (C=O) groups excluding carboxylic acids is 2. The average molecular weight is 443 g/mol. The van der Waals surface area contributed by atoms with E-state index in [-0.39, 0.29) is 24.4 Å². The minimum absolute atomic E-state index is 0.0393. The number of benzene rings is 3. The highest BCUT2D eigenvalue weighted by Gasteiger charge is 2.45.